The van der Waals surface area contributed by atoms with E-state index in [2.05, 4.69) is 71.3 Å². The number of aromatic amines is 1. The van der Waals surface area contributed by atoms with E-state index in [4.69, 9.17) is 21.1 Å². The number of nitro groups is 1. The number of amides is 5. The topological polar surface area (TPSA) is 277 Å². The summed E-state index contributed by atoms with van der Waals surface area (Å²) in [5, 5.41) is 22.6. The van der Waals surface area contributed by atoms with Gasteiger partial charge in [0.15, 0.2) is 0 Å². The fraction of sp³-hybridized carbons (Fsp3) is 0.387. The first-order chi connectivity index (χ1) is 41.4. The monoisotopic (exact) mass is 1210 g/mol. The number of nitrogens with one attached hydrogen (secondary N) is 5. The van der Waals surface area contributed by atoms with Crippen molar-refractivity contribution in [2.45, 2.75) is 69.7 Å². The maximum atomic E-state index is 14.2. The average molecular weight is 1210 g/mol. The molecule has 5 amide bonds. The lowest BCUT2D eigenvalue weighted by atomic mass is 9.72. The van der Waals surface area contributed by atoms with Crippen LogP contribution in [0.2, 0.25) is 5.02 Å². The number of benzene rings is 4. The number of fused-ring (bicyclic) bond motifs is 2. The Morgan fingerprint density at radius 3 is 2.43 bits per heavy atom. The second-order valence-electron chi connectivity index (χ2n) is 23.4. The number of carbonyl (C=O) groups is 5. The minimum absolute atomic E-state index is 0.0117. The SMILES string of the molecule is CC1(C)CCC(CN2CCN(c3ccc(C(=O)NS(O)(O)c4ccc(NCC5CCN(CCOCCNc6cccc7c6C(=O)N(C6CCC(=O)NC6=O)C7=O)CC5)c([N+](=O)[O-])c4)c(Oc4cnc5[nH]ccc5c4)c3)CC2)=C(c2ccc(Cl)cc2)C1. The number of halogens is 1. The van der Waals surface area contributed by atoms with Crippen LogP contribution in [-0.2, 0) is 14.3 Å². The van der Waals surface area contributed by atoms with Crippen LogP contribution in [0.15, 0.2) is 114 Å². The summed E-state index contributed by atoms with van der Waals surface area (Å²) in [6, 6.07) is 24.7. The first kappa shape index (κ1) is 59.8. The number of ether oxygens (including phenoxy) is 2. The molecule has 11 rings (SSSR count). The quantitative estimate of drug-likeness (QED) is 0.0153. The molecule has 86 heavy (non-hydrogen) atoms. The van der Waals surface area contributed by atoms with Crippen LogP contribution in [0.1, 0.15) is 95.4 Å². The molecule has 1 atom stereocenters. The number of carbonyl (C=O) groups excluding carboxylic acids is 5. The predicted octanol–water partition coefficient (Wildman–Crippen LogP) is 9.81. The Morgan fingerprint density at radius 2 is 1.66 bits per heavy atom. The number of piperazine rings is 1. The van der Waals surface area contributed by atoms with Crippen molar-refractivity contribution in [3.8, 4) is 11.5 Å². The van der Waals surface area contributed by atoms with E-state index in [-0.39, 0.29) is 62.9 Å². The number of pyridine rings is 1. The summed E-state index contributed by atoms with van der Waals surface area (Å²) < 4.78 is 37.8. The van der Waals surface area contributed by atoms with Gasteiger partial charge in [0, 0.05) is 98.9 Å². The van der Waals surface area contributed by atoms with E-state index in [0.29, 0.717) is 49.9 Å². The highest BCUT2D eigenvalue weighted by Gasteiger charge is 2.46. The second kappa shape index (κ2) is 25.6. The molecule has 7 N–H and O–H groups in total. The zero-order chi connectivity index (χ0) is 60.3. The van der Waals surface area contributed by atoms with Crippen LogP contribution in [0.3, 0.4) is 0 Å². The third-order valence-electron chi connectivity index (χ3n) is 16.9. The van der Waals surface area contributed by atoms with E-state index in [1.54, 1.807) is 42.6 Å². The van der Waals surface area contributed by atoms with Gasteiger partial charge in [-0.2, -0.15) is 0 Å². The number of hydrogen-bond donors (Lipinski definition) is 7. The maximum absolute atomic E-state index is 14.2. The smallest absolute Gasteiger partial charge is 0.294 e. The zero-order valence-electron chi connectivity index (χ0n) is 47.9. The van der Waals surface area contributed by atoms with Crippen molar-refractivity contribution in [1.29, 1.82) is 0 Å². The largest absolute Gasteiger partial charge is 0.455 e. The highest BCUT2D eigenvalue weighted by molar-refractivity contribution is 8.23. The number of imide groups is 2. The van der Waals surface area contributed by atoms with Gasteiger partial charge in [-0.25, -0.2) is 9.71 Å². The van der Waals surface area contributed by atoms with Crippen molar-refractivity contribution in [1.82, 2.24) is 34.7 Å². The van der Waals surface area contributed by atoms with E-state index in [1.807, 2.05) is 24.3 Å². The number of aromatic nitrogens is 2. The van der Waals surface area contributed by atoms with E-state index in [9.17, 15) is 43.2 Å². The van der Waals surface area contributed by atoms with Crippen LogP contribution in [0, 0.1) is 21.4 Å². The number of H-pyrrole nitrogens is 1. The van der Waals surface area contributed by atoms with Gasteiger partial charge in [0.1, 0.15) is 28.9 Å². The molecule has 0 saturated carbocycles. The number of rotatable bonds is 21. The Bertz CT molecular complexity index is 3620. The standard InChI is InChI=1S/C62H70ClN11O11S/c1-62(2)20-16-42(49(35-62)40-6-8-43(63)9-7-40)38-71-25-27-72(28-26-71)44-10-12-47(54(33-44)85-45-32-41-17-21-65-57(41)67-37-45)58(76)69-86(82,83)46-11-13-50(53(34-46)74(80)81)66-36-39-18-23-70(24-19-39)29-31-84-30-22-64-51-5-3-4-48-56(51)61(79)73(60(48)78)52-14-15-55(75)68-59(52)77/h3-13,17,21,32-34,37,39,52,64,66,82-83H,14-16,18-20,22-31,35-36,38H2,1-2H3,(H,65,67)(H,69,76)(H,68,75,77). The summed E-state index contributed by atoms with van der Waals surface area (Å²) in [6.45, 7) is 12.4. The Kier molecular flexibility index (Phi) is 17.8. The van der Waals surface area contributed by atoms with E-state index in [0.717, 1.165) is 105 Å². The number of anilines is 3. The number of allylic oxidation sites excluding steroid dienone is 1. The summed E-state index contributed by atoms with van der Waals surface area (Å²) >= 11 is 6.27. The molecule has 3 saturated heterocycles. The van der Waals surface area contributed by atoms with Crippen LogP contribution in [0.5, 0.6) is 11.5 Å². The van der Waals surface area contributed by atoms with Crippen molar-refractivity contribution in [3.05, 3.63) is 146 Å². The van der Waals surface area contributed by atoms with E-state index in [1.165, 1.54) is 35.0 Å². The highest BCUT2D eigenvalue weighted by atomic mass is 35.5. The molecule has 3 fully saturated rings. The van der Waals surface area contributed by atoms with Gasteiger partial charge in [0.05, 0.1) is 45.9 Å². The molecule has 5 aliphatic rings. The van der Waals surface area contributed by atoms with Crippen molar-refractivity contribution in [2.75, 3.05) is 94.2 Å². The Morgan fingerprint density at radius 1 is 0.872 bits per heavy atom. The molecule has 6 aromatic rings. The third kappa shape index (κ3) is 13.5. The molecule has 0 bridgehead atoms. The molecule has 0 spiro atoms. The minimum atomic E-state index is -4.15. The molecule has 0 radical (unpaired) electrons. The van der Waals surface area contributed by atoms with Crippen molar-refractivity contribution in [2.24, 2.45) is 11.3 Å². The molecule has 6 heterocycles. The van der Waals surface area contributed by atoms with Gasteiger partial charge in [0.25, 0.3) is 23.4 Å². The van der Waals surface area contributed by atoms with Gasteiger partial charge >= 0.3 is 0 Å². The highest BCUT2D eigenvalue weighted by Crippen LogP contribution is 2.48. The van der Waals surface area contributed by atoms with E-state index >= 15 is 0 Å². The zero-order valence-corrected chi connectivity index (χ0v) is 49.5. The molecule has 24 heteroatoms. The van der Waals surface area contributed by atoms with Gasteiger partial charge in [0.2, 0.25) is 11.8 Å². The molecule has 4 aromatic carbocycles. The number of piperidine rings is 2. The number of likely N-dealkylation sites (tertiary alicyclic amines) is 1. The lowest BCUT2D eigenvalue weighted by molar-refractivity contribution is -0.384. The molecule has 4 aliphatic heterocycles. The van der Waals surface area contributed by atoms with Crippen molar-refractivity contribution >= 4 is 91.3 Å². The van der Waals surface area contributed by atoms with Gasteiger partial charge in [-0.1, -0.05) is 60.0 Å². The average Bonchev–Trinajstić information content (AvgIpc) is 2.05. The van der Waals surface area contributed by atoms with Crippen LogP contribution in [0.4, 0.5) is 22.7 Å². The van der Waals surface area contributed by atoms with Crippen molar-refractivity contribution in [3.63, 3.8) is 0 Å². The molecule has 22 nitrogen and oxygen atoms in total. The van der Waals surface area contributed by atoms with Crippen LogP contribution >= 0.6 is 22.4 Å². The summed E-state index contributed by atoms with van der Waals surface area (Å²) in [6.07, 6.45) is 8.21. The molecule has 1 unspecified atom stereocenters. The fourth-order valence-corrected chi connectivity index (χ4v) is 13.2. The predicted molar refractivity (Wildman–Crippen MR) is 329 cm³/mol. The number of hydrogen-bond acceptors (Lipinski definition) is 17. The lowest BCUT2D eigenvalue weighted by Crippen LogP contribution is -2.54. The second-order valence-corrected chi connectivity index (χ2v) is 25.6. The first-order valence-corrected chi connectivity index (χ1v) is 31.0. The van der Waals surface area contributed by atoms with E-state index < -0.39 is 51.3 Å². The first-order valence-electron chi connectivity index (χ1n) is 29.1. The molecular formula is C62H70ClN11O11S. The van der Waals surface area contributed by atoms with Crippen LogP contribution in [0.25, 0.3) is 16.6 Å². The van der Waals surface area contributed by atoms with Crippen LogP contribution in [-0.4, -0.2) is 153 Å². The summed E-state index contributed by atoms with van der Waals surface area (Å²) in [5.41, 5.74) is 6.42. The lowest BCUT2D eigenvalue weighted by Gasteiger charge is -2.39. The van der Waals surface area contributed by atoms with Crippen molar-refractivity contribution < 1.29 is 47.5 Å². The maximum Gasteiger partial charge on any atom is 0.294 e. The van der Waals surface area contributed by atoms with Crippen LogP contribution < -0.4 is 30.3 Å². The minimum Gasteiger partial charge on any atom is -0.455 e. The van der Waals surface area contributed by atoms with Gasteiger partial charge in [-0.05, 0) is 135 Å². The van der Waals surface area contributed by atoms with Gasteiger partial charge in [-0.3, -0.25) is 58.3 Å². The molecule has 452 valence electrons. The third-order valence-corrected chi connectivity index (χ3v) is 18.6. The number of nitrogens with zero attached hydrogens (tertiary/aromatic N) is 6. The summed E-state index contributed by atoms with van der Waals surface area (Å²) in [4.78, 5) is 92.1. The number of nitro benzene ring substituents is 1. The fourth-order valence-electron chi connectivity index (χ4n) is 12.1. The molecule has 1 aliphatic carbocycles. The van der Waals surface area contributed by atoms with Gasteiger partial charge in [-0.15, -0.1) is 0 Å². The Labute approximate surface area is 504 Å². The Hall–Kier alpha value is -7.90. The molecule has 2 aromatic heterocycles. The normalized spacial score (nSPS) is 19.0. The molecular weight excluding hydrogens is 1140 g/mol. The Balaban J connectivity index is 0.669. The summed E-state index contributed by atoms with van der Waals surface area (Å²) in [7, 11) is -4.15. The summed E-state index contributed by atoms with van der Waals surface area (Å²) in [5.74, 6) is -2.42. The van der Waals surface area contributed by atoms with Gasteiger partial charge < -0.3 is 34.9 Å².